The first-order valence-electron chi connectivity index (χ1n) is 6.17. The molecule has 0 aliphatic carbocycles. The van der Waals surface area contributed by atoms with E-state index in [0.29, 0.717) is 6.61 Å². The Morgan fingerprint density at radius 2 is 1.74 bits per heavy atom. The largest absolute Gasteiger partial charge is 0.497 e. The lowest BCUT2D eigenvalue weighted by Crippen LogP contribution is -2.08. The van der Waals surface area contributed by atoms with Crippen LogP contribution >= 0.6 is 0 Å². The fourth-order valence-corrected chi connectivity index (χ4v) is 1.73. The molecule has 1 heterocycles. The molecule has 4 heteroatoms. The van der Waals surface area contributed by atoms with Crippen LogP contribution in [0, 0.1) is 0 Å². The Balaban J connectivity index is 2.04. The number of hydrogen-bond acceptors (Lipinski definition) is 4. The van der Waals surface area contributed by atoms with E-state index < -0.39 is 0 Å². The number of ether oxygens (including phenoxy) is 2. The first kappa shape index (κ1) is 13.4. The second-order valence-corrected chi connectivity index (χ2v) is 4.08. The second kappa shape index (κ2) is 6.75. The number of hydrogen-bond donors (Lipinski definition) is 1. The van der Waals surface area contributed by atoms with Gasteiger partial charge in [0.2, 0.25) is 0 Å². The number of anilines is 1. The summed E-state index contributed by atoms with van der Waals surface area (Å²) in [6.45, 7) is 1.42. The van der Waals surface area contributed by atoms with E-state index in [1.54, 1.807) is 14.2 Å². The van der Waals surface area contributed by atoms with Crippen molar-refractivity contribution in [2.75, 3.05) is 32.7 Å². The van der Waals surface area contributed by atoms with Crippen molar-refractivity contribution < 1.29 is 9.47 Å². The number of pyridine rings is 1. The van der Waals surface area contributed by atoms with Gasteiger partial charge in [0.25, 0.3) is 0 Å². The Bertz CT molecular complexity index is 495. The van der Waals surface area contributed by atoms with Gasteiger partial charge in [-0.2, -0.15) is 0 Å². The predicted octanol–water partition coefficient (Wildman–Crippen LogP) is 2.82. The molecule has 0 saturated heterocycles. The molecule has 2 aromatic rings. The highest BCUT2D eigenvalue weighted by atomic mass is 16.5. The zero-order chi connectivity index (χ0) is 13.5. The fraction of sp³-hybridized carbons (Fsp3) is 0.267. The van der Waals surface area contributed by atoms with Crippen LogP contribution in [0.2, 0.25) is 0 Å². The van der Waals surface area contributed by atoms with Crippen LogP contribution in [0.25, 0.3) is 11.1 Å². The highest BCUT2D eigenvalue weighted by molar-refractivity contribution is 5.64. The molecule has 2 rings (SSSR count). The quantitative estimate of drug-likeness (QED) is 0.809. The molecule has 0 fully saturated rings. The molecule has 4 nitrogen and oxygen atoms in total. The third kappa shape index (κ3) is 3.69. The minimum Gasteiger partial charge on any atom is -0.497 e. The van der Waals surface area contributed by atoms with Crippen LogP contribution in [0.3, 0.4) is 0 Å². The molecule has 0 spiro atoms. The van der Waals surface area contributed by atoms with Gasteiger partial charge in [0.05, 0.1) is 13.7 Å². The van der Waals surface area contributed by atoms with Crippen LogP contribution in [-0.4, -0.2) is 32.4 Å². The van der Waals surface area contributed by atoms with E-state index in [9.17, 15) is 0 Å². The van der Waals surface area contributed by atoms with E-state index >= 15 is 0 Å². The zero-order valence-corrected chi connectivity index (χ0v) is 11.2. The number of aromatic nitrogens is 1. The molecule has 0 radical (unpaired) electrons. The van der Waals surface area contributed by atoms with Crippen LogP contribution in [0.15, 0.2) is 42.6 Å². The van der Waals surface area contributed by atoms with E-state index in [4.69, 9.17) is 9.47 Å². The van der Waals surface area contributed by atoms with Gasteiger partial charge in [0, 0.05) is 25.4 Å². The molecule has 0 aliphatic rings. The first-order chi connectivity index (χ1) is 9.33. The lowest BCUT2D eigenvalue weighted by molar-refractivity contribution is 0.210. The van der Waals surface area contributed by atoms with Crippen molar-refractivity contribution in [3.8, 4) is 16.9 Å². The molecule has 0 bridgehead atoms. The highest BCUT2D eigenvalue weighted by Gasteiger charge is 1.99. The summed E-state index contributed by atoms with van der Waals surface area (Å²) < 4.78 is 10.1. The summed E-state index contributed by atoms with van der Waals surface area (Å²) in [6, 6.07) is 11.9. The van der Waals surface area contributed by atoms with Crippen molar-refractivity contribution in [3.05, 3.63) is 42.6 Å². The third-order valence-electron chi connectivity index (χ3n) is 2.80. The summed E-state index contributed by atoms with van der Waals surface area (Å²) >= 11 is 0. The Hall–Kier alpha value is -2.07. The number of rotatable bonds is 6. The molecule has 19 heavy (non-hydrogen) atoms. The van der Waals surface area contributed by atoms with E-state index in [0.717, 1.165) is 29.2 Å². The second-order valence-electron chi connectivity index (χ2n) is 4.08. The van der Waals surface area contributed by atoms with Crippen LogP contribution < -0.4 is 10.1 Å². The van der Waals surface area contributed by atoms with E-state index in [1.165, 1.54) is 0 Å². The zero-order valence-electron chi connectivity index (χ0n) is 11.2. The lowest BCUT2D eigenvalue weighted by Gasteiger charge is -2.06. The Kier molecular flexibility index (Phi) is 4.75. The monoisotopic (exact) mass is 258 g/mol. The van der Waals surface area contributed by atoms with Crippen LogP contribution in [0.4, 0.5) is 5.82 Å². The van der Waals surface area contributed by atoms with Gasteiger partial charge in [-0.15, -0.1) is 0 Å². The third-order valence-corrected chi connectivity index (χ3v) is 2.80. The SMILES string of the molecule is COCCNc1ccc(-c2ccc(OC)cc2)cn1. The molecule has 1 aromatic carbocycles. The van der Waals surface area contributed by atoms with Crippen LogP contribution in [0.1, 0.15) is 0 Å². The predicted molar refractivity (Wildman–Crippen MR) is 76.6 cm³/mol. The Labute approximate surface area is 113 Å². The summed E-state index contributed by atoms with van der Waals surface area (Å²) in [5.41, 5.74) is 2.21. The molecule has 100 valence electrons. The Morgan fingerprint density at radius 1 is 1.00 bits per heavy atom. The van der Waals surface area contributed by atoms with Gasteiger partial charge in [-0.25, -0.2) is 4.98 Å². The van der Waals surface area contributed by atoms with Gasteiger partial charge in [0.1, 0.15) is 11.6 Å². The highest BCUT2D eigenvalue weighted by Crippen LogP contribution is 2.22. The standard InChI is InChI=1S/C15H18N2O2/c1-18-10-9-16-15-8-5-13(11-17-15)12-3-6-14(19-2)7-4-12/h3-8,11H,9-10H2,1-2H3,(H,16,17). The molecular weight excluding hydrogens is 240 g/mol. The minimum atomic E-state index is 0.669. The van der Waals surface area contributed by atoms with Gasteiger partial charge >= 0.3 is 0 Å². The van der Waals surface area contributed by atoms with Gasteiger partial charge in [-0.05, 0) is 29.8 Å². The van der Waals surface area contributed by atoms with Crippen molar-refractivity contribution in [1.82, 2.24) is 4.98 Å². The molecule has 1 aromatic heterocycles. The van der Waals surface area contributed by atoms with E-state index in [2.05, 4.69) is 10.3 Å². The van der Waals surface area contributed by atoms with Crippen molar-refractivity contribution in [3.63, 3.8) is 0 Å². The van der Waals surface area contributed by atoms with Crippen LogP contribution in [-0.2, 0) is 4.74 Å². The summed E-state index contributed by atoms with van der Waals surface area (Å²) in [4.78, 5) is 4.37. The maximum absolute atomic E-state index is 5.14. The summed E-state index contributed by atoms with van der Waals surface area (Å²) in [5.74, 6) is 1.71. The average molecular weight is 258 g/mol. The fourth-order valence-electron chi connectivity index (χ4n) is 1.73. The van der Waals surface area contributed by atoms with Gasteiger partial charge in [-0.1, -0.05) is 12.1 Å². The molecule has 0 aliphatic heterocycles. The van der Waals surface area contributed by atoms with Gasteiger partial charge < -0.3 is 14.8 Å². The van der Waals surface area contributed by atoms with Crippen molar-refractivity contribution in [2.45, 2.75) is 0 Å². The van der Waals surface area contributed by atoms with Crippen molar-refractivity contribution in [2.24, 2.45) is 0 Å². The number of benzene rings is 1. The smallest absolute Gasteiger partial charge is 0.125 e. The summed E-state index contributed by atoms with van der Waals surface area (Å²) in [5, 5.41) is 3.19. The number of methoxy groups -OCH3 is 2. The first-order valence-corrected chi connectivity index (χ1v) is 6.17. The summed E-state index contributed by atoms with van der Waals surface area (Å²) in [6.07, 6.45) is 1.86. The maximum atomic E-state index is 5.14. The lowest BCUT2D eigenvalue weighted by atomic mass is 10.1. The minimum absolute atomic E-state index is 0.669. The number of nitrogens with zero attached hydrogens (tertiary/aromatic N) is 1. The molecule has 1 N–H and O–H groups in total. The van der Waals surface area contributed by atoms with Gasteiger partial charge in [0.15, 0.2) is 0 Å². The molecular formula is C15H18N2O2. The van der Waals surface area contributed by atoms with E-state index in [1.807, 2.05) is 42.6 Å². The van der Waals surface area contributed by atoms with Crippen LogP contribution in [0.5, 0.6) is 5.75 Å². The van der Waals surface area contributed by atoms with Crippen molar-refractivity contribution in [1.29, 1.82) is 0 Å². The summed E-state index contributed by atoms with van der Waals surface area (Å²) in [7, 11) is 3.35. The van der Waals surface area contributed by atoms with Gasteiger partial charge in [-0.3, -0.25) is 0 Å². The molecule has 0 atom stereocenters. The van der Waals surface area contributed by atoms with E-state index in [-0.39, 0.29) is 0 Å². The topological polar surface area (TPSA) is 43.4 Å². The number of nitrogens with one attached hydrogen (secondary N) is 1. The van der Waals surface area contributed by atoms with Crippen molar-refractivity contribution >= 4 is 5.82 Å². The Morgan fingerprint density at radius 3 is 2.32 bits per heavy atom. The maximum Gasteiger partial charge on any atom is 0.125 e. The molecule has 0 unspecified atom stereocenters. The molecule has 0 amide bonds. The normalized spacial score (nSPS) is 10.2. The molecule has 0 saturated carbocycles. The average Bonchev–Trinajstić information content (AvgIpc) is 2.48.